The number of hydrogen-bond acceptors (Lipinski definition) is 4. The number of aliphatic hydroxyl groups excluding tert-OH is 1. The van der Waals surface area contributed by atoms with Crippen LogP contribution in [0.3, 0.4) is 0 Å². The summed E-state index contributed by atoms with van der Waals surface area (Å²) in [5.41, 5.74) is 3.43. The maximum atomic E-state index is 10.9. The van der Waals surface area contributed by atoms with Gasteiger partial charge in [0.2, 0.25) is 0 Å². The third-order valence-electron chi connectivity index (χ3n) is 4.20. The van der Waals surface area contributed by atoms with Gasteiger partial charge < -0.3 is 5.11 Å². The van der Waals surface area contributed by atoms with E-state index in [4.69, 9.17) is 0 Å². The predicted molar refractivity (Wildman–Crippen MR) is 83.5 cm³/mol. The number of fused-ring (bicyclic) bond motifs is 1. The van der Waals surface area contributed by atoms with Crippen molar-refractivity contribution in [2.75, 3.05) is 13.2 Å². The standard InChI is InChI=1S/C17H18N2O3/c20-12-17-16-7-2-1-5-14(16)8-9-18(17)11-13-4-3-6-15(10-13)19(21)22/h1-7,10,17,20H,8-9,11-12H2. The fourth-order valence-corrected chi connectivity index (χ4v) is 3.11. The Labute approximate surface area is 129 Å². The first kappa shape index (κ1) is 14.7. The van der Waals surface area contributed by atoms with Crippen molar-refractivity contribution in [2.45, 2.75) is 19.0 Å². The zero-order valence-corrected chi connectivity index (χ0v) is 12.2. The fraction of sp³-hybridized carbons (Fsp3) is 0.294. The van der Waals surface area contributed by atoms with Gasteiger partial charge in [0.25, 0.3) is 5.69 Å². The molecule has 1 unspecified atom stereocenters. The summed E-state index contributed by atoms with van der Waals surface area (Å²) in [5, 5.41) is 20.7. The number of benzene rings is 2. The van der Waals surface area contributed by atoms with Crippen LogP contribution >= 0.6 is 0 Å². The lowest BCUT2D eigenvalue weighted by atomic mass is 9.92. The third-order valence-corrected chi connectivity index (χ3v) is 4.20. The smallest absolute Gasteiger partial charge is 0.269 e. The van der Waals surface area contributed by atoms with Crippen molar-refractivity contribution in [3.63, 3.8) is 0 Å². The number of non-ortho nitro benzene ring substituents is 1. The van der Waals surface area contributed by atoms with Crippen LogP contribution in [-0.4, -0.2) is 28.1 Å². The summed E-state index contributed by atoms with van der Waals surface area (Å²) >= 11 is 0. The molecule has 1 aliphatic rings. The highest BCUT2D eigenvalue weighted by Gasteiger charge is 2.26. The van der Waals surface area contributed by atoms with E-state index in [-0.39, 0.29) is 23.3 Å². The lowest BCUT2D eigenvalue weighted by molar-refractivity contribution is -0.384. The van der Waals surface area contributed by atoms with Crippen LogP contribution in [0.15, 0.2) is 48.5 Å². The van der Waals surface area contributed by atoms with Crippen LogP contribution in [-0.2, 0) is 13.0 Å². The molecule has 5 heteroatoms. The second kappa shape index (κ2) is 6.25. The molecule has 1 atom stereocenters. The molecule has 0 radical (unpaired) electrons. The molecule has 1 heterocycles. The molecule has 0 bridgehead atoms. The molecular formula is C17H18N2O3. The molecular weight excluding hydrogens is 280 g/mol. The zero-order chi connectivity index (χ0) is 15.5. The minimum atomic E-state index is -0.376. The predicted octanol–water partition coefficient (Wildman–Crippen LogP) is 2.69. The van der Waals surface area contributed by atoms with Gasteiger partial charge in [-0.15, -0.1) is 0 Å². The van der Waals surface area contributed by atoms with Gasteiger partial charge in [0.1, 0.15) is 0 Å². The Kier molecular flexibility index (Phi) is 4.18. The van der Waals surface area contributed by atoms with Crippen molar-refractivity contribution in [3.8, 4) is 0 Å². The van der Waals surface area contributed by atoms with Crippen LogP contribution in [0.5, 0.6) is 0 Å². The van der Waals surface area contributed by atoms with E-state index in [0.717, 1.165) is 24.1 Å². The van der Waals surface area contributed by atoms with E-state index in [9.17, 15) is 15.2 Å². The van der Waals surface area contributed by atoms with E-state index in [1.165, 1.54) is 11.6 Å². The Morgan fingerprint density at radius 3 is 2.82 bits per heavy atom. The topological polar surface area (TPSA) is 66.6 Å². The Balaban J connectivity index is 1.84. The molecule has 5 nitrogen and oxygen atoms in total. The van der Waals surface area contributed by atoms with Crippen molar-refractivity contribution in [3.05, 3.63) is 75.3 Å². The van der Waals surface area contributed by atoms with Crippen molar-refractivity contribution < 1.29 is 10.0 Å². The normalized spacial score (nSPS) is 18.0. The molecule has 3 rings (SSSR count). The third kappa shape index (κ3) is 2.86. The molecule has 0 amide bonds. The zero-order valence-electron chi connectivity index (χ0n) is 12.2. The van der Waals surface area contributed by atoms with Gasteiger partial charge in [-0.05, 0) is 23.1 Å². The number of hydrogen-bond donors (Lipinski definition) is 1. The van der Waals surface area contributed by atoms with E-state index in [1.54, 1.807) is 12.1 Å². The number of aliphatic hydroxyl groups is 1. The maximum Gasteiger partial charge on any atom is 0.269 e. The summed E-state index contributed by atoms with van der Waals surface area (Å²) in [6, 6.07) is 14.8. The largest absolute Gasteiger partial charge is 0.394 e. The van der Waals surface area contributed by atoms with Crippen molar-refractivity contribution >= 4 is 5.69 Å². The van der Waals surface area contributed by atoms with E-state index >= 15 is 0 Å². The molecule has 0 fully saturated rings. The average molecular weight is 298 g/mol. The highest BCUT2D eigenvalue weighted by Crippen LogP contribution is 2.30. The number of rotatable bonds is 4. The van der Waals surface area contributed by atoms with Crippen molar-refractivity contribution in [1.29, 1.82) is 0 Å². The number of nitro groups is 1. The van der Waals surface area contributed by atoms with Crippen molar-refractivity contribution in [1.82, 2.24) is 4.90 Å². The van der Waals surface area contributed by atoms with Crippen LogP contribution in [0.4, 0.5) is 5.69 Å². The maximum absolute atomic E-state index is 10.9. The summed E-state index contributed by atoms with van der Waals surface area (Å²) in [4.78, 5) is 12.7. The highest BCUT2D eigenvalue weighted by atomic mass is 16.6. The van der Waals surface area contributed by atoms with Crippen LogP contribution in [0.1, 0.15) is 22.7 Å². The first-order valence-electron chi connectivity index (χ1n) is 7.35. The Hall–Kier alpha value is -2.24. The minimum Gasteiger partial charge on any atom is -0.394 e. The quantitative estimate of drug-likeness (QED) is 0.696. The van der Waals surface area contributed by atoms with E-state index in [2.05, 4.69) is 17.0 Å². The van der Waals surface area contributed by atoms with E-state index < -0.39 is 0 Å². The monoisotopic (exact) mass is 298 g/mol. The van der Waals surface area contributed by atoms with Gasteiger partial charge in [-0.2, -0.15) is 0 Å². The Morgan fingerprint density at radius 1 is 1.23 bits per heavy atom. The van der Waals surface area contributed by atoms with Crippen molar-refractivity contribution in [2.24, 2.45) is 0 Å². The number of nitro benzene ring substituents is 1. The molecule has 1 N–H and O–H groups in total. The SMILES string of the molecule is O=[N+]([O-])c1cccc(CN2CCc3ccccc3C2CO)c1. The molecule has 1 aliphatic heterocycles. The van der Waals surface area contributed by atoms with Gasteiger partial charge in [-0.1, -0.05) is 36.4 Å². The second-order valence-corrected chi connectivity index (χ2v) is 5.54. The van der Waals surface area contributed by atoms with Gasteiger partial charge in [0.05, 0.1) is 17.6 Å². The molecule has 0 aliphatic carbocycles. The summed E-state index contributed by atoms with van der Waals surface area (Å²) in [6.45, 7) is 1.48. The number of nitrogens with zero attached hydrogens (tertiary/aromatic N) is 2. The van der Waals surface area contributed by atoms with Gasteiger partial charge in [-0.25, -0.2) is 0 Å². The Bertz CT molecular complexity index is 687. The molecule has 2 aromatic rings. The molecule has 0 aromatic heterocycles. The van der Waals surface area contributed by atoms with Gasteiger partial charge in [-0.3, -0.25) is 15.0 Å². The lowest BCUT2D eigenvalue weighted by Crippen LogP contribution is -2.36. The van der Waals surface area contributed by atoms with Crippen LogP contribution in [0.2, 0.25) is 0 Å². The second-order valence-electron chi connectivity index (χ2n) is 5.54. The van der Waals surface area contributed by atoms with E-state index in [0.29, 0.717) is 6.54 Å². The minimum absolute atomic E-state index is 0.0476. The first-order chi connectivity index (χ1) is 10.7. The molecule has 2 aromatic carbocycles. The highest BCUT2D eigenvalue weighted by molar-refractivity contribution is 5.36. The average Bonchev–Trinajstić information content (AvgIpc) is 2.55. The summed E-state index contributed by atoms with van der Waals surface area (Å²) in [7, 11) is 0. The summed E-state index contributed by atoms with van der Waals surface area (Å²) < 4.78 is 0. The fourth-order valence-electron chi connectivity index (χ4n) is 3.11. The van der Waals surface area contributed by atoms with E-state index in [1.807, 2.05) is 18.2 Å². The lowest BCUT2D eigenvalue weighted by Gasteiger charge is -2.36. The van der Waals surface area contributed by atoms with Crippen LogP contribution in [0.25, 0.3) is 0 Å². The van der Waals surface area contributed by atoms with Gasteiger partial charge >= 0.3 is 0 Å². The molecule has 0 spiro atoms. The van der Waals surface area contributed by atoms with Gasteiger partial charge in [0, 0.05) is 25.2 Å². The Morgan fingerprint density at radius 2 is 2.05 bits per heavy atom. The molecule has 0 saturated carbocycles. The summed E-state index contributed by atoms with van der Waals surface area (Å²) in [5.74, 6) is 0. The summed E-state index contributed by atoms with van der Waals surface area (Å²) in [6.07, 6.45) is 0.932. The van der Waals surface area contributed by atoms with Crippen LogP contribution < -0.4 is 0 Å². The molecule has 0 saturated heterocycles. The van der Waals surface area contributed by atoms with Gasteiger partial charge in [0.15, 0.2) is 0 Å². The van der Waals surface area contributed by atoms with Crippen LogP contribution in [0, 0.1) is 10.1 Å². The molecule has 114 valence electrons. The first-order valence-corrected chi connectivity index (χ1v) is 7.35. The molecule has 22 heavy (non-hydrogen) atoms.